The monoisotopic (exact) mass is 1020 g/mol. The molecule has 2 aliphatic heterocycles. The molecule has 0 amide bonds. The third kappa shape index (κ3) is 7.42. The minimum Gasteiger partial charge on any atom is -0.285 e. The third-order valence-corrected chi connectivity index (χ3v) is 16.5. The highest BCUT2D eigenvalue weighted by molar-refractivity contribution is 7.26. The van der Waals surface area contributed by atoms with Crippen molar-refractivity contribution in [1.82, 2.24) is 29.9 Å². The SMILES string of the molecule is C1=CN(c2nc(-c3ccccc3)nc(-c3ccccc3)n2)c2cccc3c2c1cc1c2ccccc2sc31.CC1(C)c2ccccc2-c2cc3c4c(cccc4c21)N(c1nc(-c2ccccc2)nc(-c2ccccc2)n1)C=C3. The summed E-state index contributed by atoms with van der Waals surface area (Å²) < 4.78 is 2.62. The van der Waals surface area contributed by atoms with E-state index < -0.39 is 0 Å². The predicted molar refractivity (Wildman–Crippen MR) is 322 cm³/mol. The molecule has 78 heavy (non-hydrogen) atoms. The van der Waals surface area contributed by atoms with Crippen molar-refractivity contribution in [3.05, 3.63) is 253 Å². The zero-order chi connectivity index (χ0) is 51.9. The molecule has 0 unspecified atom stereocenters. The number of fused-ring (bicyclic) bond motifs is 8. The molecule has 0 saturated carbocycles. The highest BCUT2D eigenvalue weighted by Gasteiger charge is 2.38. The fraction of sp³-hybridized carbons (Fsp3) is 0.0435. The minimum absolute atomic E-state index is 0.0941. The van der Waals surface area contributed by atoms with Gasteiger partial charge < -0.3 is 0 Å². The molecular formula is C69H46N8S. The van der Waals surface area contributed by atoms with Crippen LogP contribution in [0.1, 0.15) is 36.1 Å². The van der Waals surface area contributed by atoms with Gasteiger partial charge in [-0.2, -0.15) is 19.9 Å². The maximum atomic E-state index is 5.00. The van der Waals surface area contributed by atoms with Gasteiger partial charge >= 0.3 is 0 Å². The van der Waals surface area contributed by atoms with Gasteiger partial charge in [0.2, 0.25) is 11.9 Å². The van der Waals surface area contributed by atoms with Gasteiger partial charge in [0.25, 0.3) is 0 Å². The first kappa shape index (κ1) is 45.4. The van der Waals surface area contributed by atoms with E-state index in [-0.39, 0.29) is 5.41 Å². The predicted octanol–water partition coefficient (Wildman–Crippen LogP) is 17.6. The molecule has 13 aromatic rings. The second-order valence-electron chi connectivity index (χ2n) is 20.3. The van der Waals surface area contributed by atoms with Crippen molar-refractivity contribution in [3.63, 3.8) is 0 Å². The molecule has 10 aromatic carbocycles. The average Bonchev–Trinajstić information content (AvgIpc) is 4.22. The van der Waals surface area contributed by atoms with Crippen LogP contribution in [0.3, 0.4) is 0 Å². The second-order valence-corrected chi connectivity index (χ2v) is 21.4. The Labute approximate surface area is 454 Å². The summed E-state index contributed by atoms with van der Waals surface area (Å²) in [7, 11) is 0. The van der Waals surface area contributed by atoms with E-state index in [1.807, 2.05) is 133 Å². The molecule has 3 aliphatic rings. The molecule has 0 spiro atoms. The maximum absolute atomic E-state index is 5.00. The van der Waals surface area contributed by atoms with Crippen LogP contribution in [0.4, 0.5) is 23.3 Å². The van der Waals surface area contributed by atoms with Crippen LogP contribution < -0.4 is 9.80 Å². The second kappa shape index (κ2) is 18.1. The number of hydrogen-bond donors (Lipinski definition) is 0. The Kier molecular flexibility index (Phi) is 10.6. The van der Waals surface area contributed by atoms with Crippen molar-refractivity contribution in [2.45, 2.75) is 19.3 Å². The number of anilines is 4. The quantitative estimate of drug-likeness (QED) is 0.163. The summed E-state index contributed by atoms with van der Waals surface area (Å²) >= 11 is 1.86. The normalized spacial score (nSPS) is 13.5. The first-order valence-corrected chi connectivity index (χ1v) is 27.0. The highest BCUT2D eigenvalue weighted by Crippen LogP contribution is 2.54. The highest BCUT2D eigenvalue weighted by atomic mass is 32.1. The Morgan fingerprint density at radius 3 is 1.35 bits per heavy atom. The Morgan fingerprint density at radius 2 is 0.808 bits per heavy atom. The molecule has 0 saturated heterocycles. The van der Waals surface area contributed by atoms with Crippen molar-refractivity contribution in [1.29, 1.82) is 0 Å². The summed E-state index contributed by atoms with van der Waals surface area (Å²) in [6, 6.07) is 75.7. The Balaban J connectivity index is 0.000000136. The summed E-state index contributed by atoms with van der Waals surface area (Å²) in [5.41, 5.74) is 13.7. The molecule has 16 rings (SSSR count). The van der Waals surface area contributed by atoms with Crippen LogP contribution in [0, 0.1) is 0 Å². The number of nitrogens with zero attached hydrogens (tertiary/aromatic N) is 8. The maximum Gasteiger partial charge on any atom is 0.238 e. The minimum atomic E-state index is -0.0941. The van der Waals surface area contributed by atoms with Crippen molar-refractivity contribution in [2.75, 3.05) is 9.80 Å². The van der Waals surface area contributed by atoms with Gasteiger partial charge in [-0.05, 0) is 81.3 Å². The molecule has 0 bridgehead atoms. The molecule has 0 N–H and O–H groups in total. The van der Waals surface area contributed by atoms with Crippen molar-refractivity contribution < 1.29 is 0 Å². The van der Waals surface area contributed by atoms with Gasteiger partial charge in [-0.15, -0.1) is 11.3 Å². The zero-order valence-electron chi connectivity index (χ0n) is 42.6. The topological polar surface area (TPSA) is 83.8 Å². The molecule has 1 aliphatic carbocycles. The van der Waals surface area contributed by atoms with E-state index in [2.05, 4.69) is 145 Å². The molecule has 3 aromatic heterocycles. The first-order chi connectivity index (χ1) is 38.4. The average molecular weight is 1020 g/mol. The lowest BCUT2D eigenvalue weighted by Crippen LogP contribution is -2.18. The van der Waals surface area contributed by atoms with Crippen LogP contribution >= 0.6 is 11.3 Å². The lowest BCUT2D eigenvalue weighted by atomic mass is 9.79. The van der Waals surface area contributed by atoms with Gasteiger partial charge in [0.1, 0.15) is 0 Å². The molecule has 8 nitrogen and oxygen atoms in total. The molecular weight excluding hydrogens is 973 g/mol. The van der Waals surface area contributed by atoms with E-state index in [1.54, 1.807) is 0 Å². The molecule has 368 valence electrons. The van der Waals surface area contributed by atoms with Crippen LogP contribution in [0.15, 0.2) is 231 Å². The number of thiophene rings is 1. The standard InChI is InChI=1S/C36H26N4.C33H20N4S/c1-36(2)29-18-10-9-16-26(29)28-22-25-20-21-40(30-19-11-17-27(31(25)30)32(28)36)35-38-33(23-12-5-3-6-13-23)37-34(39-35)24-14-7-4-8-15-24;1-3-10-21(11-4-1)31-34-32(22-12-5-2-6-13-22)36-33(35-31)37-19-18-23-20-26-24-14-7-8-17-28(24)38-30(26)25-15-9-16-27(37)29(23)25/h3-22H,1-2H3;1-20H. The Hall–Kier alpha value is -9.96. The Morgan fingerprint density at radius 1 is 0.372 bits per heavy atom. The first-order valence-electron chi connectivity index (χ1n) is 26.2. The lowest BCUT2D eigenvalue weighted by Gasteiger charge is -2.28. The molecule has 0 atom stereocenters. The van der Waals surface area contributed by atoms with Gasteiger partial charge in [0.05, 0.1) is 11.4 Å². The van der Waals surface area contributed by atoms with Crippen LogP contribution in [0.2, 0.25) is 0 Å². The van der Waals surface area contributed by atoms with Crippen LogP contribution in [-0.4, -0.2) is 29.9 Å². The van der Waals surface area contributed by atoms with E-state index in [1.165, 1.54) is 75.1 Å². The van der Waals surface area contributed by atoms with Crippen LogP contribution in [-0.2, 0) is 5.41 Å². The summed E-state index contributed by atoms with van der Waals surface area (Å²) in [6.45, 7) is 4.68. The summed E-state index contributed by atoms with van der Waals surface area (Å²) in [5, 5.41) is 7.60. The molecule has 0 fully saturated rings. The number of benzene rings is 10. The Bertz CT molecular complexity index is 4480. The van der Waals surface area contributed by atoms with Gasteiger partial charge in [0, 0.05) is 76.4 Å². The molecule has 0 radical (unpaired) electrons. The van der Waals surface area contributed by atoms with Crippen LogP contribution in [0.25, 0.3) is 111 Å². The van der Waals surface area contributed by atoms with E-state index in [0.717, 1.165) is 33.6 Å². The van der Waals surface area contributed by atoms with E-state index in [4.69, 9.17) is 29.9 Å². The summed E-state index contributed by atoms with van der Waals surface area (Å²) in [4.78, 5) is 33.9. The van der Waals surface area contributed by atoms with Crippen molar-refractivity contribution in [3.8, 4) is 56.7 Å². The van der Waals surface area contributed by atoms with Gasteiger partial charge in [-0.25, -0.2) is 9.97 Å². The van der Waals surface area contributed by atoms with Gasteiger partial charge in [0.15, 0.2) is 23.3 Å². The van der Waals surface area contributed by atoms with Crippen molar-refractivity contribution in [2.24, 2.45) is 0 Å². The largest absolute Gasteiger partial charge is 0.285 e. The number of hydrogen-bond acceptors (Lipinski definition) is 9. The lowest BCUT2D eigenvalue weighted by molar-refractivity contribution is 0.666. The zero-order valence-corrected chi connectivity index (χ0v) is 43.4. The van der Waals surface area contributed by atoms with E-state index >= 15 is 0 Å². The number of rotatable bonds is 6. The third-order valence-electron chi connectivity index (χ3n) is 15.3. The van der Waals surface area contributed by atoms with Gasteiger partial charge in [-0.3, -0.25) is 9.80 Å². The summed E-state index contributed by atoms with van der Waals surface area (Å²) in [5.74, 6) is 3.82. The van der Waals surface area contributed by atoms with Crippen molar-refractivity contribution >= 4 is 88.5 Å². The fourth-order valence-electron chi connectivity index (χ4n) is 11.7. The van der Waals surface area contributed by atoms with Gasteiger partial charge in [-0.1, -0.05) is 202 Å². The van der Waals surface area contributed by atoms with E-state index in [0.29, 0.717) is 35.2 Å². The molecule has 5 heterocycles. The fourth-order valence-corrected chi connectivity index (χ4v) is 13.0. The summed E-state index contributed by atoms with van der Waals surface area (Å²) in [6.07, 6.45) is 8.54. The van der Waals surface area contributed by atoms with E-state index in [9.17, 15) is 0 Å². The number of aromatic nitrogens is 6. The van der Waals surface area contributed by atoms with Crippen LogP contribution in [0.5, 0.6) is 0 Å². The molecule has 9 heteroatoms. The smallest absolute Gasteiger partial charge is 0.238 e.